The van der Waals surface area contributed by atoms with Gasteiger partial charge in [0.2, 0.25) is 5.91 Å². The topological polar surface area (TPSA) is 233 Å². The van der Waals surface area contributed by atoms with Gasteiger partial charge in [0, 0.05) is 24.3 Å². The van der Waals surface area contributed by atoms with E-state index in [9.17, 15) is 37.7 Å². The molecule has 7 rings (SSSR count). The van der Waals surface area contributed by atoms with Gasteiger partial charge in [0.05, 0.1) is 60.8 Å². The monoisotopic (exact) mass is 1070 g/mol. The number of carboxylic acid groups (broad SMARTS) is 1. The van der Waals surface area contributed by atoms with Gasteiger partial charge in [-0.3, -0.25) is 43.5 Å². The number of methoxy groups -OCH3 is 1. The number of ether oxygens (including phenoxy) is 3. The Morgan fingerprint density at radius 2 is 1.65 bits per heavy atom. The molecule has 4 N–H and O–H groups in total. The number of nitrogens with one attached hydrogen (secondary N) is 1. The number of rotatable bonds is 13. The van der Waals surface area contributed by atoms with E-state index in [2.05, 4.69) is 24.2 Å². The fourth-order valence-electron chi connectivity index (χ4n) is 7.98. The third kappa shape index (κ3) is 15.0. The van der Waals surface area contributed by atoms with E-state index >= 15 is 0 Å². The van der Waals surface area contributed by atoms with Crippen molar-refractivity contribution in [3.63, 3.8) is 0 Å². The normalized spacial score (nSPS) is 16.3. The lowest BCUT2D eigenvalue weighted by molar-refractivity contribution is -0.136. The highest BCUT2D eigenvalue weighted by atomic mass is 35.5. The quantitative estimate of drug-likeness (QED) is 0.0621. The van der Waals surface area contributed by atoms with Crippen LogP contribution < -0.4 is 34.4 Å². The Bertz CT molecular complexity index is 2560. The number of alkyl halides is 3. The summed E-state index contributed by atoms with van der Waals surface area (Å²) in [6.07, 6.45) is 8.29. The van der Waals surface area contributed by atoms with Crippen LogP contribution in [0.15, 0.2) is 65.7 Å². The van der Waals surface area contributed by atoms with Crippen molar-refractivity contribution in [2.45, 2.75) is 76.7 Å². The number of aliphatic carboxylic acids is 1. The number of para-hydroxylation sites is 3. The molecular weight excluding hydrogens is 1010 g/mol. The fraction of sp³-hybridized carbons (Fsp3) is 0.417. The van der Waals surface area contributed by atoms with Crippen molar-refractivity contribution in [1.82, 2.24) is 5.32 Å². The average Bonchev–Trinajstić information content (AvgIpc) is 3.58. The number of fused-ring (bicyclic) bond motifs is 2. The average molecular weight is 1070 g/mol. The predicted molar refractivity (Wildman–Crippen MR) is 268 cm³/mol. The number of carbonyl (C=O) groups excluding carboxylic acids is 5. The molecule has 0 saturated carbocycles. The van der Waals surface area contributed by atoms with Gasteiger partial charge < -0.3 is 38.9 Å². The van der Waals surface area contributed by atoms with Crippen LogP contribution in [0, 0.1) is 25.1 Å². The summed E-state index contributed by atoms with van der Waals surface area (Å²) < 4.78 is 40.7. The molecule has 0 fully saturated rings. The number of hydrogen-bond donors (Lipinski definition) is 4. The molecule has 0 aromatic heterocycles. The molecule has 0 bridgehead atoms. The zero-order chi connectivity index (χ0) is 52.7. The van der Waals surface area contributed by atoms with Crippen molar-refractivity contribution >= 4 is 101 Å². The highest BCUT2D eigenvalue weighted by Crippen LogP contribution is 2.42. The first kappa shape index (κ1) is 58.0. The summed E-state index contributed by atoms with van der Waals surface area (Å²) in [6, 6.07) is 15.7. The number of anilines is 4. The molecule has 18 nitrogen and oxygen atoms in total. The van der Waals surface area contributed by atoms with Gasteiger partial charge in [0.1, 0.15) is 24.0 Å². The van der Waals surface area contributed by atoms with Crippen LogP contribution in [-0.2, 0) is 44.5 Å². The Hall–Kier alpha value is -5.55. The van der Waals surface area contributed by atoms with E-state index in [1.165, 1.54) is 11.0 Å². The first-order chi connectivity index (χ1) is 33.6. The predicted octanol–water partition coefficient (Wildman–Crippen LogP) is 6.49. The maximum absolute atomic E-state index is 14.7. The smallest absolute Gasteiger partial charge is 0.339 e. The number of amides is 5. The van der Waals surface area contributed by atoms with Crippen molar-refractivity contribution in [3.8, 4) is 23.8 Å². The van der Waals surface area contributed by atoms with E-state index in [0.29, 0.717) is 43.0 Å². The summed E-state index contributed by atoms with van der Waals surface area (Å²) in [5, 5.41) is 10.1. The molecule has 23 heteroatoms. The molecule has 3 aromatic carbocycles. The lowest BCUT2D eigenvalue weighted by Crippen LogP contribution is -2.47. The van der Waals surface area contributed by atoms with Gasteiger partial charge in [-0.1, -0.05) is 66.4 Å². The van der Waals surface area contributed by atoms with Crippen molar-refractivity contribution in [1.29, 1.82) is 0 Å². The van der Waals surface area contributed by atoms with Crippen LogP contribution in [0.4, 0.5) is 27.1 Å². The zero-order valence-electron chi connectivity index (χ0n) is 39.7. The van der Waals surface area contributed by atoms with Crippen LogP contribution in [-0.4, -0.2) is 120 Å². The first-order valence-electron chi connectivity index (χ1n) is 22.2. The number of terminal acetylenes is 1. The molecule has 3 heterocycles. The van der Waals surface area contributed by atoms with Gasteiger partial charge in [0.15, 0.2) is 17.3 Å². The minimum Gasteiger partial charge on any atom is -0.489 e. The van der Waals surface area contributed by atoms with Crippen molar-refractivity contribution < 1.29 is 66.8 Å². The van der Waals surface area contributed by atoms with Crippen LogP contribution >= 0.6 is 42.4 Å². The Morgan fingerprint density at radius 1 is 1.00 bits per heavy atom. The molecule has 5 amide bonds. The summed E-state index contributed by atoms with van der Waals surface area (Å²) >= 11 is 17.0. The van der Waals surface area contributed by atoms with Crippen molar-refractivity contribution in [2.75, 3.05) is 71.8 Å². The van der Waals surface area contributed by atoms with E-state index in [1.807, 2.05) is 57.2 Å². The number of imide groups is 1. The minimum atomic E-state index is -4.10. The Kier molecular flexibility index (Phi) is 21.9. The molecule has 4 aliphatic rings. The Balaban J connectivity index is 0.000000217. The molecule has 71 heavy (non-hydrogen) atoms. The summed E-state index contributed by atoms with van der Waals surface area (Å²) in [5.74, 6) is -0.479. The van der Waals surface area contributed by atoms with Crippen LogP contribution in [0.1, 0.15) is 57.6 Å². The van der Waals surface area contributed by atoms with Crippen molar-refractivity contribution in [2.24, 2.45) is 0 Å². The van der Waals surface area contributed by atoms with E-state index < -0.39 is 48.9 Å². The second-order valence-corrected chi connectivity index (χ2v) is 19.3. The minimum absolute atomic E-state index is 0.0170. The van der Waals surface area contributed by atoms with Gasteiger partial charge >= 0.3 is 13.6 Å². The molecule has 0 spiro atoms. The SMILES string of the molecule is C#CCN1C(=O)COc2cc(F)c(N3C(=O)C4=C(CCCC4)C3=O)cc21.CC1COc2ccccc2N1C(=O)C(Cl)Cl.CCc1cccc(C)c1N(C(=O)CCl)C(C)COC.O=C(O)CNCP(=O)(O)O. The van der Waals surface area contributed by atoms with E-state index in [0.717, 1.165) is 52.7 Å². The third-order valence-electron chi connectivity index (χ3n) is 11.1. The van der Waals surface area contributed by atoms with Crippen molar-refractivity contribution in [3.05, 3.63) is 82.7 Å². The molecule has 3 aliphatic heterocycles. The molecular formula is C48H56Cl3FN5O13P. The first-order valence-corrected chi connectivity index (χ1v) is 25.4. The highest BCUT2D eigenvalue weighted by Gasteiger charge is 2.42. The number of halogens is 4. The van der Waals surface area contributed by atoms with Gasteiger partial charge in [-0.15, -0.1) is 18.0 Å². The number of hydrogen-bond acceptors (Lipinski definition) is 11. The molecule has 2 atom stereocenters. The molecule has 0 saturated heterocycles. The van der Waals surface area contributed by atoms with Gasteiger partial charge in [-0.2, -0.15) is 0 Å². The number of nitrogens with zero attached hydrogens (tertiary/aromatic N) is 4. The lowest BCUT2D eigenvalue weighted by Gasteiger charge is -2.35. The third-order valence-corrected chi connectivity index (χ3v) is 12.3. The van der Waals surface area contributed by atoms with Gasteiger partial charge in [-0.05, 0) is 82.2 Å². The summed E-state index contributed by atoms with van der Waals surface area (Å²) in [7, 11) is -2.46. The van der Waals surface area contributed by atoms with E-state index in [4.69, 9.17) is 70.3 Å². The number of aryl methyl sites for hydroxylation is 2. The van der Waals surface area contributed by atoms with Crippen LogP contribution in [0.5, 0.6) is 11.5 Å². The number of carbonyl (C=O) groups is 6. The molecule has 1 aliphatic carbocycles. The molecule has 3 aromatic rings. The summed E-state index contributed by atoms with van der Waals surface area (Å²) in [6.45, 7) is 8.20. The fourth-order valence-corrected chi connectivity index (χ4v) is 8.72. The lowest BCUT2D eigenvalue weighted by atomic mass is 9.93. The summed E-state index contributed by atoms with van der Waals surface area (Å²) in [4.78, 5) is 92.1. The Labute approximate surface area is 426 Å². The summed E-state index contributed by atoms with van der Waals surface area (Å²) in [5.41, 5.74) is 4.92. The van der Waals surface area contributed by atoms with Gasteiger partial charge in [0.25, 0.3) is 23.6 Å². The maximum Gasteiger partial charge on any atom is 0.339 e. The van der Waals surface area contributed by atoms with E-state index in [1.54, 1.807) is 16.9 Å². The maximum atomic E-state index is 14.7. The molecule has 0 radical (unpaired) electrons. The van der Waals surface area contributed by atoms with E-state index in [-0.39, 0.29) is 66.0 Å². The largest absolute Gasteiger partial charge is 0.489 e. The number of carboxylic acids is 1. The number of benzene rings is 3. The molecule has 384 valence electrons. The van der Waals surface area contributed by atoms with Crippen LogP contribution in [0.3, 0.4) is 0 Å². The van der Waals surface area contributed by atoms with Crippen LogP contribution in [0.25, 0.3) is 0 Å². The second-order valence-electron chi connectivity index (χ2n) is 16.3. The Morgan fingerprint density at radius 3 is 2.21 bits per heavy atom. The zero-order valence-corrected chi connectivity index (χ0v) is 42.8. The molecule has 2 unspecified atom stereocenters. The van der Waals surface area contributed by atoms with Crippen LogP contribution in [0.2, 0.25) is 0 Å². The van der Waals surface area contributed by atoms with Gasteiger partial charge in [-0.25, -0.2) is 9.29 Å². The standard InChI is InChI=1S/C19H15FN2O4.C15H22ClNO2.C11H11Cl2NO2.C3H8NO5P/c1-2-7-21-15-9-14(13(20)8-16(15)26-10-17(21)23)22-18(24)11-5-3-4-6-12(11)19(22)25;1-5-13-8-6-7-11(2)15(13)17(14(18)9-16)12(3)10-19-4;1-7-6-16-9-5-3-2-4-8(9)14(7)11(15)10(12)13;5-3(6)1-4-2-10(7,8)9/h1,8-9H,3-7,10H2;6-8,12H,5,9-10H2,1-4H3;2-5,7,10H,6H2,1H3;4H,1-2H2,(H,5,6)(H2,7,8,9). The second kappa shape index (κ2) is 26.8. The highest BCUT2D eigenvalue weighted by molar-refractivity contribution is 7.51.